The Morgan fingerprint density at radius 1 is 0.972 bits per heavy atom. The summed E-state index contributed by atoms with van der Waals surface area (Å²) in [4.78, 5) is 14.1. The predicted molar refractivity (Wildman–Crippen MR) is 145 cm³/mol. The van der Waals surface area contributed by atoms with Crippen LogP contribution in [0.3, 0.4) is 0 Å². The maximum atomic E-state index is 14.1. The van der Waals surface area contributed by atoms with Crippen LogP contribution in [0.5, 0.6) is 23.0 Å². The number of fused-ring (bicyclic) bond motifs is 4. The molecule has 6 nitrogen and oxygen atoms in total. The van der Waals surface area contributed by atoms with E-state index in [1.165, 1.54) is 13.2 Å². The summed E-state index contributed by atoms with van der Waals surface area (Å²) in [5, 5.41) is 11.4. The van der Waals surface area contributed by atoms with E-state index < -0.39 is 5.60 Å². The zero-order valence-electron chi connectivity index (χ0n) is 22.3. The summed E-state index contributed by atoms with van der Waals surface area (Å²) < 4.78 is 24.3. The van der Waals surface area contributed by atoms with Crippen LogP contribution in [0.15, 0.2) is 44.7 Å². The highest BCUT2D eigenvalue weighted by Gasteiger charge is 2.32. The van der Waals surface area contributed by atoms with Gasteiger partial charge < -0.3 is 23.7 Å². The van der Waals surface area contributed by atoms with Gasteiger partial charge in [0.25, 0.3) is 0 Å². The molecule has 0 radical (unpaired) electrons. The lowest BCUT2D eigenvalue weighted by atomic mass is 9.93. The molecule has 1 N–H and O–H groups in total. The molecule has 4 rings (SSSR count). The molecule has 2 aromatic carbocycles. The van der Waals surface area contributed by atoms with Gasteiger partial charge in [-0.05, 0) is 60.5 Å². The molecule has 36 heavy (non-hydrogen) atoms. The van der Waals surface area contributed by atoms with Gasteiger partial charge in [0.2, 0.25) is 5.43 Å². The molecule has 0 unspecified atom stereocenters. The number of phenols is 1. The standard InChI is InChI=1S/C30H34O6/c1-16(2)9-11-18-22(33-7)15-21(31)24-25(32)23-19-13-14-30(5,6)36-29(19)28(34-8)20(12-10-17(3)4)27(23)35-26(18)24/h9-10,13-15,31H,11-12H2,1-8H3. The molecule has 0 aliphatic carbocycles. The molecule has 0 saturated carbocycles. The Kier molecular flexibility index (Phi) is 6.65. The number of hydrogen-bond donors (Lipinski definition) is 1. The van der Waals surface area contributed by atoms with Gasteiger partial charge >= 0.3 is 0 Å². The largest absolute Gasteiger partial charge is 0.507 e. The minimum Gasteiger partial charge on any atom is -0.507 e. The fraction of sp³-hybridized carbons (Fsp3) is 0.367. The smallest absolute Gasteiger partial charge is 0.205 e. The van der Waals surface area contributed by atoms with Crippen LogP contribution in [0.25, 0.3) is 28.0 Å². The molecule has 190 valence electrons. The molecule has 0 fully saturated rings. The van der Waals surface area contributed by atoms with Gasteiger partial charge in [-0.25, -0.2) is 0 Å². The van der Waals surface area contributed by atoms with Crippen molar-refractivity contribution >= 4 is 28.0 Å². The van der Waals surface area contributed by atoms with Crippen LogP contribution in [-0.2, 0) is 12.8 Å². The van der Waals surface area contributed by atoms with Gasteiger partial charge in [0, 0.05) is 22.8 Å². The van der Waals surface area contributed by atoms with Crippen LogP contribution >= 0.6 is 0 Å². The zero-order chi connectivity index (χ0) is 26.4. The fourth-order valence-corrected chi connectivity index (χ4v) is 4.54. The first-order valence-corrected chi connectivity index (χ1v) is 12.1. The molecule has 0 amide bonds. The topological polar surface area (TPSA) is 78.1 Å². The molecule has 0 bridgehead atoms. The van der Waals surface area contributed by atoms with Crippen LogP contribution in [0.2, 0.25) is 0 Å². The molecule has 6 heteroatoms. The highest BCUT2D eigenvalue weighted by Crippen LogP contribution is 2.47. The number of rotatable bonds is 6. The van der Waals surface area contributed by atoms with Crippen molar-refractivity contribution in [3.8, 4) is 23.0 Å². The van der Waals surface area contributed by atoms with Gasteiger partial charge in [0.05, 0.1) is 19.6 Å². The van der Waals surface area contributed by atoms with Crippen molar-refractivity contribution in [1.82, 2.24) is 0 Å². The Labute approximate surface area is 211 Å². The van der Waals surface area contributed by atoms with Crippen LogP contribution in [-0.4, -0.2) is 24.9 Å². The van der Waals surface area contributed by atoms with Crippen LogP contribution in [0.4, 0.5) is 0 Å². The van der Waals surface area contributed by atoms with Crippen molar-refractivity contribution in [2.45, 2.75) is 60.0 Å². The summed E-state index contributed by atoms with van der Waals surface area (Å²) in [7, 11) is 3.13. The van der Waals surface area contributed by atoms with Crippen molar-refractivity contribution in [3.63, 3.8) is 0 Å². The summed E-state index contributed by atoms with van der Waals surface area (Å²) in [5.74, 6) is 1.31. The van der Waals surface area contributed by atoms with Crippen molar-refractivity contribution in [1.29, 1.82) is 0 Å². The number of hydrogen-bond acceptors (Lipinski definition) is 6. The number of phenolic OH excluding ortho intramolecular Hbond substituents is 1. The van der Waals surface area contributed by atoms with E-state index in [9.17, 15) is 9.90 Å². The summed E-state index contributed by atoms with van der Waals surface area (Å²) in [6, 6.07) is 1.48. The van der Waals surface area contributed by atoms with E-state index in [1.54, 1.807) is 7.11 Å². The van der Waals surface area contributed by atoms with E-state index >= 15 is 0 Å². The number of benzene rings is 2. The molecule has 0 atom stereocenters. The van der Waals surface area contributed by atoms with E-state index in [4.69, 9.17) is 18.6 Å². The van der Waals surface area contributed by atoms with Gasteiger partial charge in [-0.1, -0.05) is 29.4 Å². The normalized spacial score (nSPS) is 13.8. The molecule has 1 aromatic heterocycles. The third-order valence-electron chi connectivity index (χ3n) is 6.35. The summed E-state index contributed by atoms with van der Waals surface area (Å²) in [6.07, 6.45) is 8.85. The minimum atomic E-state index is -0.578. The van der Waals surface area contributed by atoms with Gasteiger partial charge in [0.15, 0.2) is 11.5 Å². The summed E-state index contributed by atoms with van der Waals surface area (Å²) in [6.45, 7) is 11.9. The second-order valence-electron chi connectivity index (χ2n) is 10.2. The van der Waals surface area contributed by atoms with Crippen molar-refractivity contribution < 1.29 is 23.7 Å². The fourth-order valence-electron chi connectivity index (χ4n) is 4.54. The lowest BCUT2D eigenvalue weighted by Crippen LogP contribution is -2.28. The maximum Gasteiger partial charge on any atom is 0.205 e. The first kappa shape index (κ1) is 25.4. The molecular weight excluding hydrogens is 456 g/mol. The van der Waals surface area contributed by atoms with Gasteiger partial charge in [0.1, 0.15) is 33.7 Å². The molecule has 3 aromatic rings. The van der Waals surface area contributed by atoms with Crippen molar-refractivity contribution in [3.05, 3.63) is 62.4 Å². The van der Waals surface area contributed by atoms with E-state index in [-0.39, 0.29) is 16.6 Å². The Morgan fingerprint density at radius 2 is 1.58 bits per heavy atom. The van der Waals surface area contributed by atoms with E-state index in [0.717, 1.165) is 11.1 Å². The minimum absolute atomic E-state index is 0.124. The van der Waals surface area contributed by atoms with E-state index in [0.29, 0.717) is 63.3 Å². The zero-order valence-corrected chi connectivity index (χ0v) is 22.3. The van der Waals surface area contributed by atoms with E-state index in [1.807, 2.05) is 59.8 Å². The molecule has 1 aliphatic heterocycles. The third kappa shape index (κ3) is 4.36. The number of allylic oxidation sites excluding steroid dienone is 4. The van der Waals surface area contributed by atoms with Crippen molar-refractivity contribution in [2.24, 2.45) is 0 Å². The quantitative estimate of drug-likeness (QED) is 0.300. The SMILES string of the molecule is COc1cc(O)c2c(=O)c3c4c(c(OC)c(CC=C(C)C)c3oc2c1CC=C(C)C)OC(C)(C)C=C4. The Hall–Kier alpha value is -3.67. The first-order chi connectivity index (χ1) is 17.0. The highest BCUT2D eigenvalue weighted by molar-refractivity contribution is 6.02. The Bertz CT molecular complexity index is 1510. The van der Waals surface area contributed by atoms with Crippen LogP contribution < -0.4 is 19.6 Å². The molecule has 0 saturated heterocycles. The summed E-state index contributed by atoms with van der Waals surface area (Å²) >= 11 is 0. The number of methoxy groups -OCH3 is 2. The average molecular weight is 491 g/mol. The molecule has 2 heterocycles. The second-order valence-corrected chi connectivity index (χ2v) is 10.2. The number of ether oxygens (including phenoxy) is 3. The summed E-state index contributed by atoms with van der Waals surface area (Å²) in [5.41, 5.74) is 4.06. The second kappa shape index (κ2) is 9.41. The van der Waals surface area contributed by atoms with Crippen LogP contribution in [0, 0.1) is 0 Å². The van der Waals surface area contributed by atoms with Gasteiger partial charge in [-0.3, -0.25) is 4.79 Å². The van der Waals surface area contributed by atoms with Crippen LogP contribution in [0.1, 0.15) is 58.2 Å². The average Bonchev–Trinajstić information content (AvgIpc) is 2.80. The Morgan fingerprint density at radius 3 is 2.17 bits per heavy atom. The lowest BCUT2D eigenvalue weighted by molar-refractivity contribution is 0.152. The number of aromatic hydroxyl groups is 1. The van der Waals surface area contributed by atoms with E-state index in [2.05, 4.69) is 6.08 Å². The lowest BCUT2D eigenvalue weighted by Gasteiger charge is -2.30. The molecule has 0 spiro atoms. The maximum absolute atomic E-state index is 14.1. The third-order valence-corrected chi connectivity index (χ3v) is 6.35. The van der Waals surface area contributed by atoms with Gasteiger partial charge in [-0.15, -0.1) is 0 Å². The predicted octanol–water partition coefficient (Wildman–Crippen LogP) is 6.87. The van der Waals surface area contributed by atoms with Crippen molar-refractivity contribution in [2.75, 3.05) is 14.2 Å². The molecular formula is C30H34O6. The first-order valence-electron chi connectivity index (χ1n) is 12.1. The van der Waals surface area contributed by atoms with Gasteiger partial charge in [-0.2, -0.15) is 0 Å². The Balaban J connectivity index is 2.25. The molecule has 1 aliphatic rings. The highest BCUT2D eigenvalue weighted by atomic mass is 16.5. The monoisotopic (exact) mass is 490 g/mol.